The summed E-state index contributed by atoms with van der Waals surface area (Å²) < 4.78 is 27.5. The van der Waals surface area contributed by atoms with Crippen molar-refractivity contribution in [3.63, 3.8) is 0 Å². The van der Waals surface area contributed by atoms with Crippen molar-refractivity contribution in [1.29, 1.82) is 0 Å². The molecule has 2 aliphatic heterocycles. The summed E-state index contributed by atoms with van der Waals surface area (Å²) in [6, 6.07) is 9.26. The number of amides is 3. The number of carbonyl (C=O) groups excluding carboxylic acids is 3. The number of rotatable bonds is 4. The summed E-state index contributed by atoms with van der Waals surface area (Å²) in [4.78, 5) is 38.4. The molecule has 2 aromatic rings. The number of likely N-dealkylation sites (N-methyl/N-ethyl adjacent to an activating group) is 1. The van der Waals surface area contributed by atoms with Crippen LogP contribution in [0.3, 0.4) is 0 Å². The molecule has 0 bridgehead atoms. The van der Waals surface area contributed by atoms with E-state index in [-0.39, 0.29) is 28.2 Å². The second kappa shape index (κ2) is 8.77. The van der Waals surface area contributed by atoms with Crippen molar-refractivity contribution < 1.29 is 22.8 Å². The van der Waals surface area contributed by atoms with Crippen LogP contribution < -0.4 is 15.5 Å². The molecular weight excluding hydrogens is 468 g/mol. The Morgan fingerprint density at radius 2 is 1.82 bits per heavy atom. The van der Waals surface area contributed by atoms with Crippen molar-refractivity contribution in [2.45, 2.75) is 37.1 Å². The van der Waals surface area contributed by atoms with Crippen LogP contribution in [0.25, 0.3) is 0 Å². The number of hydrogen-bond acceptors (Lipinski definition) is 5. The normalized spacial score (nSPS) is 18.2. The molecule has 0 radical (unpaired) electrons. The largest absolute Gasteiger partial charge is 0.326 e. The molecule has 11 heteroatoms. The predicted molar refractivity (Wildman–Crippen MR) is 125 cm³/mol. The first-order valence-corrected chi connectivity index (χ1v) is 12.2. The average molecular weight is 491 g/mol. The zero-order valence-electron chi connectivity index (χ0n) is 18.1. The van der Waals surface area contributed by atoms with E-state index in [4.69, 9.17) is 11.6 Å². The molecule has 174 valence electrons. The van der Waals surface area contributed by atoms with Crippen molar-refractivity contribution in [2.24, 2.45) is 0 Å². The fourth-order valence-electron chi connectivity index (χ4n) is 4.06. The lowest BCUT2D eigenvalue weighted by molar-refractivity contribution is -0.119. The van der Waals surface area contributed by atoms with Gasteiger partial charge in [0.2, 0.25) is 27.7 Å². The molecule has 3 amide bonds. The lowest BCUT2D eigenvalue weighted by Gasteiger charge is -2.29. The molecule has 0 spiro atoms. The van der Waals surface area contributed by atoms with Gasteiger partial charge in [-0.05, 0) is 43.2 Å². The Balaban J connectivity index is 1.62. The van der Waals surface area contributed by atoms with E-state index >= 15 is 0 Å². The van der Waals surface area contributed by atoms with Crippen LogP contribution in [0.5, 0.6) is 0 Å². The molecule has 2 aliphatic rings. The van der Waals surface area contributed by atoms with E-state index < -0.39 is 28.5 Å². The molecule has 1 atom stereocenters. The molecule has 9 nitrogen and oxygen atoms in total. The Hall–Kier alpha value is -2.95. The molecule has 0 aromatic heterocycles. The monoisotopic (exact) mass is 490 g/mol. The Bertz CT molecular complexity index is 1260. The number of sulfonamides is 1. The van der Waals surface area contributed by atoms with Gasteiger partial charge < -0.3 is 15.5 Å². The maximum atomic E-state index is 13.3. The molecule has 33 heavy (non-hydrogen) atoms. The SMILES string of the molecule is CC1CC(=O)Nc2ccccc2N1C(=O)CN(C)S(=O)(=O)c1cc2c(cc1Cl)CCC(=O)N2. The number of para-hydroxylation sites is 2. The number of benzene rings is 2. The lowest BCUT2D eigenvalue weighted by atomic mass is 10.0. The van der Waals surface area contributed by atoms with Gasteiger partial charge in [0.1, 0.15) is 4.90 Å². The zero-order chi connectivity index (χ0) is 23.9. The van der Waals surface area contributed by atoms with Crippen LogP contribution in [-0.4, -0.2) is 50.1 Å². The van der Waals surface area contributed by atoms with Crippen LogP contribution in [0.1, 0.15) is 25.3 Å². The number of halogens is 1. The molecule has 2 N–H and O–H groups in total. The second-order valence-electron chi connectivity index (χ2n) is 8.13. The van der Waals surface area contributed by atoms with Gasteiger partial charge in [0, 0.05) is 31.6 Å². The minimum absolute atomic E-state index is 0.0208. The minimum Gasteiger partial charge on any atom is -0.326 e. The highest BCUT2D eigenvalue weighted by Crippen LogP contribution is 2.34. The number of anilines is 3. The lowest BCUT2D eigenvalue weighted by Crippen LogP contribution is -2.45. The van der Waals surface area contributed by atoms with Crippen LogP contribution in [0, 0.1) is 0 Å². The highest BCUT2D eigenvalue weighted by molar-refractivity contribution is 7.89. The molecule has 0 saturated carbocycles. The minimum atomic E-state index is -4.15. The van der Waals surface area contributed by atoms with Crippen molar-refractivity contribution in [3.8, 4) is 0 Å². The first-order valence-electron chi connectivity index (χ1n) is 10.4. The third-order valence-corrected chi connectivity index (χ3v) is 8.00. The summed E-state index contributed by atoms with van der Waals surface area (Å²) in [6.45, 7) is 1.27. The Morgan fingerprint density at radius 3 is 2.58 bits per heavy atom. The number of hydrogen-bond donors (Lipinski definition) is 2. The summed E-state index contributed by atoms with van der Waals surface area (Å²) in [5.41, 5.74) is 2.14. The standard InChI is InChI=1S/C22H23ClN4O5S/c1-13-9-21(29)24-16-5-3-4-6-18(16)27(13)22(30)12-26(2)33(31,32)19-11-17-14(10-15(19)23)7-8-20(28)25-17/h3-6,10-11,13H,7-9,12H2,1-2H3,(H,24,29)(H,25,28). The van der Waals surface area contributed by atoms with Crippen molar-refractivity contribution in [2.75, 3.05) is 29.1 Å². The number of aryl methyl sites for hydroxylation is 1. The van der Waals surface area contributed by atoms with Crippen molar-refractivity contribution >= 4 is 56.4 Å². The Morgan fingerprint density at radius 1 is 1.12 bits per heavy atom. The number of nitrogens with one attached hydrogen (secondary N) is 2. The molecule has 2 heterocycles. The molecule has 0 fully saturated rings. The van der Waals surface area contributed by atoms with Gasteiger partial charge in [0.25, 0.3) is 0 Å². The molecule has 0 saturated heterocycles. The van der Waals surface area contributed by atoms with Crippen LogP contribution in [-0.2, 0) is 30.8 Å². The number of carbonyl (C=O) groups is 3. The summed E-state index contributed by atoms with van der Waals surface area (Å²) in [7, 11) is -2.86. The molecule has 1 unspecified atom stereocenters. The quantitative estimate of drug-likeness (QED) is 0.683. The van der Waals surface area contributed by atoms with Gasteiger partial charge in [-0.25, -0.2) is 8.42 Å². The van der Waals surface area contributed by atoms with E-state index in [1.165, 1.54) is 24.1 Å². The van der Waals surface area contributed by atoms with Gasteiger partial charge >= 0.3 is 0 Å². The molecule has 0 aliphatic carbocycles. The summed E-state index contributed by atoms with van der Waals surface area (Å²) in [5.74, 6) is -0.914. The highest BCUT2D eigenvalue weighted by atomic mass is 35.5. The number of fused-ring (bicyclic) bond motifs is 2. The fourth-order valence-corrected chi connectivity index (χ4v) is 5.73. The van der Waals surface area contributed by atoms with E-state index in [0.717, 1.165) is 9.87 Å². The van der Waals surface area contributed by atoms with Gasteiger partial charge in [-0.15, -0.1) is 0 Å². The van der Waals surface area contributed by atoms with Crippen LogP contribution in [0.4, 0.5) is 17.1 Å². The molecular formula is C22H23ClN4O5S. The van der Waals surface area contributed by atoms with Crippen LogP contribution in [0.15, 0.2) is 41.3 Å². The van der Waals surface area contributed by atoms with Gasteiger partial charge in [-0.1, -0.05) is 23.7 Å². The Labute approximate surface area is 196 Å². The van der Waals surface area contributed by atoms with Crippen molar-refractivity contribution in [1.82, 2.24) is 4.31 Å². The van der Waals surface area contributed by atoms with E-state index in [9.17, 15) is 22.8 Å². The van der Waals surface area contributed by atoms with E-state index in [1.807, 2.05) is 0 Å². The molecule has 4 rings (SSSR count). The average Bonchev–Trinajstić information content (AvgIpc) is 2.87. The third-order valence-electron chi connectivity index (χ3n) is 5.73. The van der Waals surface area contributed by atoms with Crippen molar-refractivity contribution in [3.05, 3.63) is 47.0 Å². The second-order valence-corrected chi connectivity index (χ2v) is 10.6. The first-order chi connectivity index (χ1) is 15.6. The van der Waals surface area contributed by atoms with Gasteiger partial charge in [-0.3, -0.25) is 14.4 Å². The van der Waals surface area contributed by atoms with E-state index in [2.05, 4.69) is 10.6 Å². The fraction of sp³-hybridized carbons (Fsp3) is 0.318. The summed E-state index contributed by atoms with van der Waals surface area (Å²) in [6.07, 6.45) is 0.846. The van der Waals surface area contributed by atoms with Gasteiger partial charge in [0.05, 0.1) is 22.9 Å². The topological polar surface area (TPSA) is 116 Å². The molecule has 2 aromatic carbocycles. The zero-order valence-corrected chi connectivity index (χ0v) is 19.7. The highest BCUT2D eigenvalue weighted by Gasteiger charge is 2.33. The van der Waals surface area contributed by atoms with E-state index in [1.54, 1.807) is 31.2 Å². The van der Waals surface area contributed by atoms with Crippen LogP contribution in [0.2, 0.25) is 5.02 Å². The van der Waals surface area contributed by atoms with E-state index in [0.29, 0.717) is 29.9 Å². The predicted octanol–water partition coefficient (Wildman–Crippen LogP) is 2.61. The first kappa shape index (κ1) is 23.2. The Kier molecular flexibility index (Phi) is 6.17. The summed E-state index contributed by atoms with van der Waals surface area (Å²) in [5, 5.41) is 5.46. The smallest absolute Gasteiger partial charge is 0.244 e. The number of nitrogens with zero attached hydrogens (tertiary/aromatic N) is 2. The van der Waals surface area contributed by atoms with Gasteiger partial charge in [-0.2, -0.15) is 4.31 Å². The van der Waals surface area contributed by atoms with Gasteiger partial charge in [0.15, 0.2) is 0 Å². The maximum absolute atomic E-state index is 13.3. The maximum Gasteiger partial charge on any atom is 0.244 e. The third kappa shape index (κ3) is 4.46. The van der Waals surface area contributed by atoms with Crippen LogP contribution >= 0.6 is 11.6 Å². The summed E-state index contributed by atoms with van der Waals surface area (Å²) >= 11 is 6.28.